The number of amides is 1. The number of ketones is 1. The van der Waals surface area contributed by atoms with Crippen LogP contribution in [0.5, 0.6) is 0 Å². The van der Waals surface area contributed by atoms with Crippen molar-refractivity contribution in [3.8, 4) is 0 Å². The molecule has 1 fully saturated rings. The molecule has 0 bridgehead atoms. The predicted molar refractivity (Wildman–Crippen MR) is 134 cm³/mol. The zero-order chi connectivity index (χ0) is 23.8. The maximum absolute atomic E-state index is 13.2. The number of aliphatic hydroxyl groups is 1. The summed E-state index contributed by atoms with van der Waals surface area (Å²) in [6.45, 7) is 2.31. The van der Waals surface area contributed by atoms with E-state index in [1.165, 1.54) is 0 Å². The molecule has 2 N–H and O–H groups in total. The first kappa shape index (κ1) is 22.0. The maximum atomic E-state index is 13.2. The molecular weight excluding hydrogens is 448 g/mol. The Bertz CT molecular complexity index is 1420. The largest absolute Gasteiger partial charge is 0.507 e. The van der Waals surface area contributed by atoms with Gasteiger partial charge in [0, 0.05) is 34.2 Å². The number of aromatic nitrogens is 1. The van der Waals surface area contributed by atoms with E-state index in [1.807, 2.05) is 61.7 Å². The zero-order valence-corrected chi connectivity index (χ0v) is 19.3. The highest BCUT2D eigenvalue weighted by molar-refractivity contribution is 6.46. The summed E-state index contributed by atoms with van der Waals surface area (Å²) in [7, 11) is 0. The average Bonchev–Trinajstić information content (AvgIpc) is 3.37. The number of H-pyrrole nitrogens is 1. The topological polar surface area (TPSA) is 73.4 Å². The molecule has 6 heteroatoms. The Kier molecular flexibility index (Phi) is 5.72. The zero-order valence-electron chi connectivity index (χ0n) is 18.6. The molecule has 1 aliphatic rings. The lowest BCUT2D eigenvalue weighted by atomic mass is 9.94. The van der Waals surface area contributed by atoms with Crippen molar-refractivity contribution in [1.29, 1.82) is 0 Å². The fourth-order valence-electron chi connectivity index (χ4n) is 4.55. The van der Waals surface area contributed by atoms with Crippen molar-refractivity contribution >= 4 is 40.0 Å². The SMILES string of the molecule is Cc1ccc([C@@H]2C(=C(O)c3ccc(Cl)cc3)C(=O)C(=O)N2CCc2c[nH]c3ccccc23)cc1. The number of fused-ring (bicyclic) bond motifs is 1. The van der Waals surface area contributed by atoms with Gasteiger partial charge in [-0.1, -0.05) is 59.6 Å². The van der Waals surface area contributed by atoms with Crippen molar-refractivity contribution in [3.05, 3.63) is 112 Å². The van der Waals surface area contributed by atoms with Crippen molar-refractivity contribution in [3.63, 3.8) is 0 Å². The molecule has 170 valence electrons. The van der Waals surface area contributed by atoms with Crippen molar-refractivity contribution in [2.75, 3.05) is 6.54 Å². The smallest absolute Gasteiger partial charge is 0.295 e. The van der Waals surface area contributed by atoms with Crippen LogP contribution in [0.1, 0.15) is 28.3 Å². The van der Waals surface area contributed by atoms with Gasteiger partial charge in [0.1, 0.15) is 5.76 Å². The molecule has 0 saturated carbocycles. The van der Waals surface area contributed by atoms with Crippen LogP contribution in [0.15, 0.2) is 84.6 Å². The van der Waals surface area contributed by atoms with E-state index >= 15 is 0 Å². The Hall–Kier alpha value is -3.83. The van der Waals surface area contributed by atoms with Crippen LogP contribution >= 0.6 is 11.6 Å². The van der Waals surface area contributed by atoms with Gasteiger partial charge >= 0.3 is 0 Å². The molecule has 0 spiro atoms. The van der Waals surface area contributed by atoms with Crippen LogP contribution in [0.2, 0.25) is 5.02 Å². The number of Topliss-reactive ketones (excluding diaryl/α,β-unsaturated/α-hetero) is 1. The van der Waals surface area contributed by atoms with Crippen LogP contribution in [0.25, 0.3) is 16.7 Å². The van der Waals surface area contributed by atoms with Crippen LogP contribution in [-0.4, -0.2) is 33.2 Å². The lowest BCUT2D eigenvalue weighted by Crippen LogP contribution is -2.31. The first-order chi connectivity index (χ1) is 16.4. The van der Waals surface area contributed by atoms with E-state index in [2.05, 4.69) is 4.98 Å². The summed E-state index contributed by atoms with van der Waals surface area (Å²) in [6.07, 6.45) is 2.51. The minimum absolute atomic E-state index is 0.0927. The number of aryl methyl sites for hydroxylation is 1. The molecule has 1 saturated heterocycles. The highest BCUT2D eigenvalue weighted by Crippen LogP contribution is 2.39. The van der Waals surface area contributed by atoms with Gasteiger partial charge in [0.2, 0.25) is 0 Å². The third-order valence-corrected chi connectivity index (χ3v) is 6.60. The first-order valence-corrected chi connectivity index (χ1v) is 11.5. The van der Waals surface area contributed by atoms with Crippen LogP contribution in [0, 0.1) is 6.92 Å². The van der Waals surface area contributed by atoms with E-state index in [9.17, 15) is 14.7 Å². The number of aliphatic hydroxyl groups excluding tert-OH is 1. The molecule has 0 radical (unpaired) electrons. The number of likely N-dealkylation sites (tertiary alicyclic amines) is 1. The lowest BCUT2D eigenvalue weighted by Gasteiger charge is -2.25. The van der Waals surface area contributed by atoms with Crippen LogP contribution in [0.3, 0.4) is 0 Å². The summed E-state index contributed by atoms with van der Waals surface area (Å²) < 4.78 is 0. The molecule has 1 aliphatic heterocycles. The molecule has 1 aromatic heterocycles. The van der Waals surface area contributed by atoms with Crippen molar-refractivity contribution in [2.45, 2.75) is 19.4 Å². The quantitative estimate of drug-likeness (QED) is 0.220. The van der Waals surface area contributed by atoms with Crippen molar-refractivity contribution in [2.24, 2.45) is 0 Å². The number of hydrogen-bond donors (Lipinski definition) is 2. The van der Waals surface area contributed by atoms with Gasteiger partial charge in [0.25, 0.3) is 11.7 Å². The fraction of sp³-hybridized carbons (Fsp3) is 0.143. The Morgan fingerprint density at radius 2 is 1.71 bits per heavy atom. The number of carbonyl (C=O) groups excluding carboxylic acids is 2. The summed E-state index contributed by atoms with van der Waals surface area (Å²) in [5.74, 6) is -1.49. The third kappa shape index (κ3) is 3.88. The Morgan fingerprint density at radius 1 is 1.00 bits per heavy atom. The molecule has 1 amide bonds. The second kappa shape index (κ2) is 8.84. The molecule has 34 heavy (non-hydrogen) atoms. The number of rotatable bonds is 5. The van der Waals surface area contributed by atoms with Gasteiger partial charge in [-0.2, -0.15) is 0 Å². The number of halogens is 1. The maximum Gasteiger partial charge on any atom is 0.295 e. The molecule has 2 heterocycles. The predicted octanol–water partition coefficient (Wildman–Crippen LogP) is 5.79. The number of nitrogens with zero attached hydrogens (tertiary/aromatic N) is 1. The standard InChI is InChI=1S/C28H23ClN2O3/c1-17-6-8-18(9-7-17)25-24(26(32)19-10-12-21(29)13-11-19)27(33)28(34)31(25)15-14-20-16-30-23-5-3-2-4-22(20)23/h2-13,16,25,30,32H,14-15H2,1H3/t25-/m1/s1. The summed E-state index contributed by atoms with van der Waals surface area (Å²) >= 11 is 5.99. The second-order valence-electron chi connectivity index (χ2n) is 8.52. The molecule has 0 aliphatic carbocycles. The van der Waals surface area contributed by atoms with Gasteiger partial charge < -0.3 is 15.0 Å². The van der Waals surface area contributed by atoms with Gasteiger partial charge in [-0.3, -0.25) is 9.59 Å². The first-order valence-electron chi connectivity index (χ1n) is 11.1. The van der Waals surface area contributed by atoms with Gasteiger partial charge in [-0.05, 0) is 54.8 Å². The highest BCUT2D eigenvalue weighted by Gasteiger charge is 2.45. The number of para-hydroxylation sites is 1. The van der Waals surface area contributed by atoms with Crippen LogP contribution in [-0.2, 0) is 16.0 Å². The number of benzene rings is 3. The number of aromatic amines is 1. The summed E-state index contributed by atoms with van der Waals surface area (Å²) in [5, 5.41) is 12.7. The van der Waals surface area contributed by atoms with E-state index in [0.717, 1.165) is 27.6 Å². The van der Waals surface area contributed by atoms with Gasteiger partial charge in [-0.15, -0.1) is 0 Å². The van der Waals surface area contributed by atoms with E-state index in [4.69, 9.17) is 11.6 Å². The molecule has 5 nitrogen and oxygen atoms in total. The van der Waals surface area contributed by atoms with Gasteiger partial charge in [0.05, 0.1) is 11.6 Å². The van der Waals surface area contributed by atoms with Gasteiger partial charge in [-0.25, -0.2) is 0 Å². The highest BCUT2D eigenvalue weighted by atomic mass is 35.5. The van der Waals surface area contributed by atoms with E-state index in [0.29, 0.717) is 23.6 Å². The number of nitrogens with one attached hydrogen (secondary N) is 1. The van der Waals surface area contributed by atoms with Crippen LogP contribution in [0.4, 0.5) is 0 Å². The normalized spacial score (nSPS) is 17.6. The van der Waals surface area contributed by atoms with E-state index in [1.54, 1.807) is 29.2 Å². The number of hydrogen-bond acceptors (Lipinski definition) is 3. The monoisotopic (exact) mass is 470 g/mol. The average molecular weight is 471 g/mol. The van der Waals surface area contributed by atoms with Crippen LogP contribution < -0.4 is 0 Å². The summed E-state index contributed by atoms with van der Waals surface area (Å²) in [5.41, 5.74) is 4.47. The van der Waals surface area contributed by atoms with E-state index < -0.39 is 17.7 Å². The molecule has 4 aromatic rings. The number of carbonyl (C=O) groups is 2. The molecule has 5 rings (SSSR count). The van der Waals surface area contributed by atoms with Crippen molar-refractivity contribution in [1.82, 2.24) is 9.88 Å². The summed E-state index contributed by atoms with van der Waals surface area (Å²) in [6, 6.07) is 21.6. The van der Waals surface area contributed by atoms with Crippen molar-refractivity contribution < 1.29 is 14.7 Å². The molecule has 3 aromatic carbocycles. The Balaban J connectivity index is 1.56. The minimum Gasteiger partial charge on any atom is -0.507 e. The lowest BCUT2D eigenvalue weighted by molar-refractivity contribution is -0.139. The second-order valence-corrected chi connectivity index (χ2v) is 8.96. The molecular formula is C28H23ClN2O3. The summed E-state index contributed by atoms with van der Waals surface area (Å²) in [4.78, 5) is 31.2. The van der Waals surface area contributed by atoms with Gasteiger partial charge in [0.15, 0.2) is 0 Å². The third-order valence-electron chi connectivity index (χ3n) is 6.35. The van der Waals surface area contributed by atoms with E-state index in [-0.39, 0.29) is 11.3 Å². The molecule has 1 atom stereocenters. The minimum atomic E-state index is -0.683. The Morgan fingerprint density at radius 3 is 2.44 bits per heavy atom. The molecule has 0 unspecified atom stereocenters. The fourth-order valence-corrected chi connectivity index (χ4v) is 4.67. The Labute approximate surface area is 202 Å².